The van der Waals surface area contributed by atoms with Gasteiger partial charge in [0.1, 0.15) is 24.4 Å². The molecule has 82 heavy (non-hydrogen) atoms. The van der Waals surface area contributed by atoms with Crippen molar-refractivity contribution in [1.82, 2.24) is 5.32 Å². The largest absolute Gasteiger partial charge is 0.454 e. The Balaban J connectivity index is 2.58. The predicted octanol–water partition coefficient (Wildman–Crippen LogP) is 17.6. The minimum absolute atomic E-state index is 0.124. The van der Waals surface area contributed by atoms with Crippen molar-refractivity contribution in [3.05, 3.63) is 48.6 Å². The van der Waals surface area contributed by atoms with Crippen molar-refractivity contribution < 1.29 is 49.3 Å². The molecule has 0 aliphatic carbocycles. The van der Waals surface area contributed by atoms with Gasteiger partial charge in [0.15, 0.2) is 12.4 Å². The van der Waals surface area contributed by atoms with E-state index in [0.29, 0.717) is 19.3 Å². The van der Waals surface area contributed by atoms with Gasteiger partial charge in [0.2, 0.25) is 5.91 Å². The molecule has 1 aliphatic heterocycles. The maximum absolute atomic E-state index is 13.5. The van der Waals surface area contributed by atoms with Crippen LogP contribution in [0.5, 0.6) is 0 Å². The molecule has 11 heteroatoms. The highest BCUT2D eigenvalue weighted by molar-refractivity contribution is 5.80. The number of allylic oxidation sites excluding steroid dienone is 7. The summed E-state index contributed by atoms with van der Waals surface area (Å²) in [7, 11) is 0. The maximum Gasteiger partial charge on any atom is 0.306 e. The second kappa shape index (κ2) is 59.0. The monoisotopic (exact) mass is 1160 g/mol. The number of nitrogens with one attached hydrogen (secondary N) is 1. The van der Waals surface area contributed by atoms with Gasteiger partial charge in [-0.3, -0.25) is 9.59 Å². The van der Waals surface area contributed by atoms with E-state index in [-0.39, 0.29) is 13.0 Å². The first kappa shape index (κ1) is 77.6. The van der Waals surface area contributed by atoms with Gasteiger partial charge in [0.25, 0.3) is 0 Å². The molecule has 1 amide bonds. The highest BCUT2D eigenvalue weighted by atomic mass is 16.7. The first-order chi connectivity index (χ1) is 40.2. The zero-order chi connectivity index (χ0) is 59.6. The third kappa shape index (κ3) is 45.9. The number of hydrogen-bond acceptors (Lipinski definition) is 10. The van der Waals surface area contributed by atoms with E-state index in [2.05, 4.69) is 62.5 Å². The summed E-state index contributed by atoms with van der Waals surface area (Å²) >= 11 is 0. The van der Waals surface area contributed by atoms with Gasteiger partial charge in [-0.2, -0.15) is 0 Å². The normalized spacial score (nSPS) is 18.9. The van der Waals surface area contributed by atoms with E-state index in [4.69, 9.17) is 14.2 Å². The molecule has 1 aliphatic rings. The summed E-state index contributed by atoms with van der Waals surface area (Å²) in [5.74, 6) is -1.19. The Morgan fingerprint density at radius 2 is 0.841 bits per heavy atom. The molecule has 1 fully saturated rings. The van der Waals surface area contributed by atoms with Crippen LogP contribution in [0.2, 0.25) is 0 Å². The van der Waals surface area contributed by atoms with Crippen molar-refractivity contribution in [3.63, 3.8) is 0 Å². The van der Waals surface area contributed by atoms with Gasteiger partial charge in [-0.05, 0) is 83.5 Å². The van der Waals surface area contributed by atoms with E-state index < -0.39 is 67.4 Å². The highest BCUT2D eigenvalue weighted by Gasteiger charge is 2.47. The van der Waals surface area contributed by atoms with E-state index in [1.165, 1.54) is 212 Å². The van der Waals surface area contributed by atoms with Gasteiger partial charge >= 0.3 is 5.97 Å². The molecule has 0 bridgehead atoms. The summed E-state index contributed by atoms with van der Waals surface area (Å²) in [6, 6.07) is -1.02. The number of esters is 1. The molecule has 11 nitrogen and oxygen atoms in total. The van der Waals surface area contributed by atoms with Gasteiger partial charge in [-0.25, -0.2) is 0 Å². The molecule has 0 aromatic rings. The van der Waals surface area contributed by atoms with Crippen molar-refractivity contribution in [2.45, 2.75) is 378 Å². The van der Waals surface area contributed by atoms with Gasteiger partial charge < -0.3 is 45.1 Å². The van der Waals surface area contributed by atoms with E-state index in [1.807, 2.05) is 6.08 Å². The topological polar surface area (TPSA) is 175 Å². The SMILES string of the molecule is CCCCC/C=C\C/C=C\CCCCCCCCCCCCCCCC(=O)OC1C(OCC(NC(=O)C(O)CCCCCCCCCC/C=C/CCCCCCCC)C(O)/C=C/CCCCCCCCCCCC)OC(CO)C(O)C1O. The summed E-state index contributed by atoms with van der Waals surface area (Å²) in [5.41, 5.74) is 0. The molecule has 8 unspecified atom stereocenters. The maximum atomic E-state index is 13.5. The molecule has 1 heterocycles. The standard InChI is InChI=1S/C71H131NO10/c1-4-7-10-13-16-19-22-25-27-29-31-32-33-34-35-37-39-41-44-47-50-53-56-59-66(76)82-69-68(78)67(77)65(60-73)81-71(69)80-61-62(63(74)57-54-51-48-45-42-24-21-18-15-12-9-6-3)72-70(79)64(75)58-55-52-49-46-43-40-38-36-30-28-26-23-20-17-14-11-8-5-2/h16,19,25-28,54,57,62-65,67-69,71,73-75,77-78H,4-15,17-18,20-24,29-53,55-56,58-61H2,1-3H3,(H,72,79)/b19-16-,27-25-,28-26+,57-54+. The highest BCUT2D eigenvalue weighted by Crippen LogP contribution is 2.26. The number of amides is 1. The lowest BCUT2D eigenvalue weighted by molar-refractivity contribution is -0.305. The van der Waals surface area contributed by atoms with Gasteiger partial charge in [0, 0.05) is 6.42 Å². The van der Waals surface area contributed by atoms with Crippen molar-refractivity contribution >= 4 is 11.9 Å². The van der Waals surface area contributed by atoms with Crippen molar-refractivity contribution in [1.29, 1.82) is 0 Å². The molecule has 8 atom stereocenters. The Morgan fingerprint density at radius 1 is 0.476 bits per heavy atom. The number of rotatable bonds is 60. The third-order valence-electron chi connectivity index (χ3n) is 16.5. The lowest BCUT2D eigenvalue weighted by atomic mass is 9.99. The number of unbranched alkanes of at least 4 members (excludes halogenated alkanes) is 40. The lowest BCUT2D eigenvalue weighted by Crippen LogP contribution is -2.61. The average Bonchev–Trinajstić information content (AvgIpc) is 3.44. The van der Waals surface area contributed by atoms with E-state index in [9.17, 15) is 35.1 Å². The van der Waals surface area contributed by atoms with Crippen LogP contribution in [0.3, 0.4) is 0 Å². The molecule has 6 N–H and O–H groups in total. The quantitative estimate of drug-likeness (QED) is 0.0195. The Labute approximate surface area is 504 Å². The second-order valence-corrected chi connectivity index (χ2v) is 24.3. The van der Waals surface area contributed by atoms with E-state index in [1.54, 1.807) is 6.08 Å². The number of aliphatic hydroxyl groups is 5. The van der Waals surface area contributed by atoms with E-state index >= 15 is 0 Å². The van der Waals surface area contributed by atoms with Crippen LogP contribution in [-0.2, 0) is 23.8 Å². The van der Waals surface area contributed by atoms with Crippen LogP contribution in [0, 0.1) is 0 Å². The van der Waals surface area contributed by atoms with Gasteiger partial charge in [0.05, 0.1) is 25.4 Å². The summed E-state index contributed by atoms with van der Waals surface area (Å²) in [6.07, 6.45) is 62.9. The summed E-state index contributed by atoms with van der Waals surface area (Å²) in [5, 5.41) is 57.2. The minimum atomic E-state index is -1.61. The van der Waals surface area contributed by atoms with Gasteiger partial charge in [-0.15, -0.1) is 0 Å². The molecule has 0 saturated carbocycles. The minimum Gasteiger partial charge on any atom is -0.454 e. The Bertz CT molecular complexity index is 1520. The number of ether oxygens (including phenoxy) is 3. The van der Waals surface area contributed by atoms with Crippen molar-refractivity contribution in [2.24, 2.45) is 0 Å². The number of carbonyl (C=O) groups is 2. The van der Waals surface area contributed by atoms with E-state index in [0.717, 1.165) is 70.6 Å². The fraction of sp³-hybridized carbons (Fsp3) is 0.859. The average molecular weight is 1160 g/mol. The second-order valence-electron chi connectivity index (χ2n) is 24.3. The van der Waals surface area contributed by atoms with Crippen LogP contribution in [-0.4, -0.2) is 99.6 Å². The molecular weight excluding hydrogens is 1030 g/mol. The van der Waals surface area contributed by atoms with Crippen LogP contribution in [0.15, 0.2) is 48.6 Å². The molecule has 0 aromatic carbocycles. The third-order valence-corrected chi connectivity index (χ3v) is 16.5. The smallest absolute Gasteiger partial charge is 0.306 e. The van der Waals surface area contributed by atoms with Crippen LogP contribution < -0.4 is 5.32 Å². The first-order valence-electron chi connectivity index (χ1n) is 34.9. The van der Waals surface area contributed by atoms with Crippen LogP contribution in [0.1, 0.15) is 329 Å². The van der Waals surface area contributed by atoms with Crippen molar-refractivity contribution in [2.75, 3.05) is 13.2 Å². The Kier molecular flexibility index (Phi) is 55.8. The number of hydrogen-bond donors (Lipinski definition) is 6. The summed E-state index contributed by atoms with van der Waals surface area (Å²) < 4.78 is 17.7. The predicted molar refractivity (Wildman–Crippen MR) is 343 cm³/mol. The lowest BCUT2D eigenvalue weighted by Gasteiger charge is -2.41. The zero-order valence-electron chi connectivity index (χ0n) is 53.4. The zero-order valence-corrected chi connectivity index (χ0v) is 53.4. The Hall–Kier alpha value is -2.38. The van der Waals surface area contributed by atoms with Crippen LogP contribution in [0.4, 0.5) is 0 Å². The molecule has 480 valence electrons. The molecule has 0 spiro atoms. The summed E-state index contributed by atoms with van der Waals surface area (Å²) in [6.45, 7) is 5.80. The molecule has 0 radical (unpaired) electrons. The fourth-order valence-electron chi connectivity index (χ4n) is 10.9. The molecular formula is C71H131NO10. The van der Waals surface area contributed by atoms with Crippen LogP contribution in [0.25, 0.3) is 0 Å². The Morgan fingerprint density at radius 3 is 1.28 bits per heavy atom. The molecule has 0 aromatic heterocycles. The molecule has 1 rings (SSSR count). The van der Waals surface area contributed by atoms with Crippen LogP contribution >= 0.6 is 0 Å². The fourth-order valence-corrected chi connectivity index (χ4v) is 10.9. The van der Waals surface area contributed by atoms with Gasteiger partial charge in [-0.1, -0.05) is 288 Å². The first-order valence-corrected chi connectivity index (χ1v) is 34.9. The molecule has 1 saturated heterocycles. The number of carbonyl (C=O) groups excluding carboxylic acids is 2. The summed E-state index contributed by atoms with van der Waals surface area (Å²) in [4.78, 5) is 26.7. The van der Waals surface area contributed by atoms with Crippen molar-refractivity contribution in [3.8, 4) is 0 Å². The number of aliphatic hydroxyl groups excluding tert-OH is 5.